The van der Waals surface area contributed by atoms with Crippen molar-refractivity contribution in [2.45, 2.75) is 37.1 Å². The number of hydrogen-bond acceptors (Lipinski definition) is 2. The molecular formula is C12H14Cl2N2O. The Balaban J connectivity index is 2.04. The Labute approximate surface area is 111 Å². The van der Waals surface area contributed by atoms with Gasteiger partial charge in [0, 0.05) is 18.4 Å². The predicted octanol–water partition coefficient (Wildman–Crippen LogP) is 3.01. The Morgan fingerprint density at radius 3 is 2.88 bits per heavy atom. The van der Waals surface area contributed by atoms with Crippen molar-refractivity contribution in [1.29, 1.82) is 0 Å². The van der Waals surface area contributed by atoms with E-state index in [4.69, 9.17) is 23.2 Å². The molecule has 1 aliphatic rings. The number of carbonyl (C=O) groups excluding carboxylic acids is 1. The lowest BCUT2D eigenvalue weighted by Gasteiger charge is -2.27. The highest BCUT2D eigenvalue weighted by Gasteiger charge is 2.25. The van der Waals surface area contributed by atoms with Crippen molar-refractivity contribution in [2.24, 2.45) is 0 Å². The van der Waals surface area contributed by atoms with Crippen LogP contribution in [0.25, 0.3) is 0 Å². The molecule has 1 aromatic rings. The molecular weight excluding hydrogens is 259 g/mol. The first-order valence-electron chi connectivity index (χ1n) is 5.73. The second kappa shape index (κ2) is 5.69. The molecule has 0 spiro atoms. The number of amides is 1. The Hall–Kier alpha value is -0.800. The maximum atomic E-state index is 12.0. The molecule has 1 aromatic heterocycles. The minimum Gasteiger partial charge on any atom is -0.348 e. The molecule has 1 heterocycles. The van der Waals surface area contributed by atoms with Crippen LogP contribution >= 0.6 is 23.2 Å². The zero-order valence-corrected chi connectivity index (χ0v) is 10.8. The van der Waals surface area contributed by atoms with E-state index in [0.717, 1.165) is 25.7 Å². The fourth-order valence-electron chi connectivity index (χ4n) is 2.05. The summed E-state index contributed by atoms with van der Waals surface area (Å²) in [5.41, 5.74) is 0.455. The number of aromatic nitrogens is 1. The van der Waals surface area contributed by atoms with Gasteiger partial charge in [0.1, 0.15) is 0 Å². The van der Waals surface area contributed by atoms with Gasteiger partial charge in [0.2, 0.25) is 0 Å². The SMILES string of the molecule is O=C(NC1CCCCC1Cl)c1ccncc1Cl. The summed E-state index contributed by atoms with van der Waals surface area (Å²) in [5.74, 6) is -0.171. The number of carbonyl (C=O) groups is 1. The third-order valence-corrected chi connectivity index (χ3v) is 3.84. The molecule has 5 heteroatoms. The summed E-state index contributed by atoms with van der Waals surface area (Å²) in [4.78, 5) is 15.8. The van der Waals surface area contributed by atoms with Gasteiger partial charge in [0.25, 0.3) is 5.91 Å². The maximum absolute atomic E-state index is 12.0. The van der Waals surface area contributed by atoms with Crippen LogP contribution in [0.4, 0.5) is 0 Å². The third-order valence-electron chi connectivity index (χ3n) is 3.02. The van der Waals surface area contributed by atoms with E-state index in [1.807, 2.05) is 0 Å². The fourth-order valence-corrected chi connectivity index (χ4v) is 2.60. The molecule has 0 radical (unpaired) electrons. The van der Waals surface area contributed by atoms with E-state index in [9.17, 15) is 4.79 Å². The highest BCUT2D eigenvalue weighted by Crippen LogP contribution is 2.23. The van der Waals surface area contributed by atoms with Crippen molar-refractivity contribution in [3.63, 3.8) is 0 Å². The number of pyridine rings is 1. The molecule has 0 bridgehead atoms. The average Bonchev–Trinajstić information content (AvgIpc) is 2.32. The highest BCUT2D eigenvalue weighted by atomic mass is 35.5. The van der Waals surface area contributed by atoms with Crippen LogP contribution in [0.5, 0.6) is 0 Å². The van der Waals surface area contributed by atoms with E-state index in [1.165, 1.54) is 6.20 Å². The molecule has 1 saturated carbocycles. The maximum Gasteiger partial charge on any atom is 0.253 e. The van der Waals surface area contributed by atoms with Gasteiger partial charge in [-0.15, -0.1) is 11.6 Å². The number of halogens is 2. The molecule has 2 atom stereocenters. The van der Waals surface area contributed by atoms with E-state index < -0.39 is 0 Å². The van der Waals surface area contributed by atoms with E-state index in [2.05, 4.69) is 10.3 Å². The summed E-state index contributed by atoms with van der Waals surface area (Å²) >= 11 is 12.1. The van der Waals surface area contributed by atoms with Crippen molar-refractivity contribution < 1.29 is 4.79 Å². The van der Waals surface area contributed by atoms with Crippen molar-refractivity contribution in [1.82, 2.24) is 10.3 Å². The molecule has 1 fully saturated rings. The molecule has 1 N–H and O–H groups in total. The minimum absolute atomic E-state index is 0.0216. The Kier molecular flexibility index (Phi) is 4.24. The van der Waals surface area contributed by atoms with E-state index >= 15 is 0 Å². The lowest BCUT2D eigenvalue weighted by Crippen LogP contribution is -2.42. The van der Waals surface area contributed by atoms with Gasteiger partial charge in [-0.05, 0) is 18.9 Å². The van der Waals surface area contributed by atoms with Crippen molar-refractivity contribution >= 4 is 29.1 Å². The number of nitrogens with zero attached hydrogens (tertiary/aromatic N) is 1. The van der Waals surface area contributed by atoms with Crippen LogP contribution in [0.2, 0.25) is 5.02 Å². The summed E-state index contributed by atoms with van der Waals surface area (Å²) in [6.07, 6.45) is 7.16. The Bertz CT molecular complexity index is 411. The normalized spacial score (nSPS) is 24.4. The molecule has 0 saturated heterocycles. The Morgan fingerprint density at radius 2 is 2.18 bits per heavy atom. The first-order valence-corrected chi connectivity index (χ1v) is 6.54. The quantitative estimate of drug-likeness (QED) is 0.841. The van der Waals surface area contributed by atoms with Crippen LogP contribution in [0.3, 0.4) is 0 Å². The van der Waals surface area contributed by atoms with E-state index in [1.54, 1.807) is 12.3 Å². The van der Waals surface area contributed by atoms with Gasteiger partial charge < -0.3 is 5.32 Å². The molecule has 92 valence electrons. The van der Waals surface area contributed by atoms with Crippen LogP contribution < -0.4 is 5.32 Å². The van der Waals surface area contributed by atoms with E-state index in [-0.39, 0.29) is 17.3 Å². The second-order valence-electron chi connectivity index (χ2n) is 4.24. The standard InChI is InChI=1S/C12H14Cl2N2O/c13-9-3-1-2-4-11(9)16-12(17)8-5-6-15-7-10(8)14/h5-7,9,11H,1-4H2,(H,16,17). The Morgan fingerprint density at radius 1 is 1.41 bits per heavy atom. The van der Waals surface area contributed by atoms with E-state index in [0.29, 0.717) is 10.6 Å². The summed E-state index contributed by atoms with van der Waals surface area (Å²) < 4.78 is 0. The predicted molar refractivity (Wildman–Crippen MR) is 68.6 cm³/mol. The summed E-state index contributed by atoms with van der Waals surface area (Å²) in [6, 6.07) is 1.66. The first kappa shape index (κ1) is 12.7. The monoisotopic (exact) mass is 272 g/mol. The summed E-state index contributed by atoms with van der Waals surface area (Å²) in [6.45, 7) is 0. The number of alkyl halides is 1. The first-order chi connectivity index (χ1) is 8.18. The lowest BCUT2D eigenvalue weighted by atomic mass is 9.94. The highest BCUT2D eigenvalue weighted by molar-refractivity contribution is 6.33. The zero-order chi connectivity index (χ0) is 12.3. The number of hydrogen-bond donors (Lipinski definition) is 1. The molecule has 0 aliphatic heterocycles. The molecule has 3 nitrogen and oxygen atoms in total. The van der Waals surface area contributed by atoms with Crippen LogP contribution in [0, 0.1) is 0 Å². The van der Waals surface area contributed by atoms with Gasteiger partial charge in [0.15, 0.2) is 0 Å². The largest absolute Gasteiger partial charge is 0.348 e. The van der Waals surface area contributed by atoms with Gasteiger partial charge in [-0.2, -0.15) is 0 Å². The molecule has 1 aliphatic carbocycles. The summed E-state index contributed by atoms with van der Waals surface area (Å²) in [7, 11) is 0. The number of nitrogens with one attached hydrogen (secondary N) is 1. The van der Waals surface area contributed by atoms with Gasteiger partial charge in [-0.25, -0.2) is 0 Å². The molecule has 17 heavy (non-hydrogen) atoms. The van der Waals surface area contributed by atoms with Crippen LogP contribution in [-0.4, -0.2) is 22.3 Å². The molecule has 2 unspecified atom stereocenters. The second-order valence-corrected chi connectivity index (χ2v) is 5.20. The van der Waals surface area contributed by atoms with Crippen molar-refractivity contribution in [3.05, 3.63) is 29.0 Å². The van der Waals surface area contributed by atoms with Crippen LogP contribution in [0.15, 0.2) is 18.5 Å². The molecule has 0 aromatic carbocycles. The minimum atomic E-state index is -0.171. The smallest absolute Gasteiger partial charge is 0.253 e. The zero-order valence-electron chi connectivity index (χ0n) is 9.33. The molecule has 1 amide bonds. The lowest BCUT2D eigenvalue weighted by molar-refractivity contribution is 0.0928. The van der Waals surface area contributed by atoms with Crippen molar-refractivity contribution in [2.75, 3.05) is 0 Å². The van der Waals surface area contributed by atoms with Gasteiger partial charge in [-0.1, -0.05) is 24.4 Å². The average molecular weight is 273 g/mol. The van der Waals surface area contributed by atoms with Crippen LogP contribution in [0.1, 0.15) is 36.0 Å². The van der Waals surface area contributed by atoms with Crippen LogP contribution in [-0.2, 0) is 0 Å². The molecule has 2 rings (SSSR count). The van der Waals surface area contributed by atoms with Crippen molar-refractivity contribution in [3.8, 4) is 0 Å². The van der Waals surface area contributed by atoms with Gasteiger partial charge >= 0.3 is 0 Å². The third kappa shape index (κ3) is 3.11. The number of rotatable bonds is 2. The topological polar surface area (TPSA) is 42.0 Å². The van der Waals surface area contributed by atoms with Gasteiger partial charge in [0.05, 0.1) is 16.0 Å². The summed E-state index contributed by atoms with van der Waals surface area (Å²) in [5, 5.41) is 3.33. The fraction of sp³-hybridized carbons (Fsp3) is 0.500. The van der Waals surface area contributed by atoms with Gasteiger partial charge in [-0.3, -0.25) is 9.78 Å².